The molecule has 1 aromatic rings. The Balaban J connectivity index is 1.65. The largest absolute Gasteiger partial charge is 0.327 e. The molecule has 1 aliphatic carbocycles. The van der Waals surface area contributed by atoms with Crippen LogP contribution in [0.4, 0.5) is 0 Å². The summed E-state index contributed by atoms with van der Waals surface area (Å²) >= 11 is 0. The van der Waals surface area contributed by atoms with Gasteiger partial charge in [0.05, 0.1) is 0 Å². The number of benzene rings is 1. The van der Waals surface area contributed by atoms with E-state index in [9.17, 15) is 0 Å². The molecule has 2 unspecified atom stereocenters. The van der Waals surface area contributed by atoms with Gasteiger partial charge in [0.1, 0.15) is 0 Å². The topological polar surface area (TPSA) is 29.3 Å². The molecule has 0 spiro atoms. The summed E-state index contributed by atoms with van der Waals surface area (Å²) in [6, 6.07) is 9.38. The summed E-state index contributed by atoms with van der Waals surface area (Å²) in [5.74, 6) is 0.721. The third kappa shape index (κ3) is 3.18. The van der Waals surface area contributed by atoms with E-state index in [0.717, 1.165) is 12.5 Å². The molecule has 2 nitrogen and oxygen atoms in total. The van der Waals surface area contributed by atoms with E-state index in [1.807, 2.05) is 0 Å². The molecule has 2 atom stereocenters. The number of nitrogens with zero attached hydrogens (tertiary/aromatic N) is 1. The van der Waals surface area contributed by atoms with Gasteiger partial charge in [-0.05, 0) is 49.3 Å². The van der Waals surface area contributed by atoms with Crippen LogP contribution in [-0.2, 0) is 13.0 Å². The average Bonchev–Trinajstić information content (AvgIpc) is 2.63. The zero-order chi connectivity index (χ0) is 13.1. The highest BCUT2D eigenvalue weighted by Gasteiger charge is 2.25. The minimum absolute atomic E-state index is 0.437. The highest BCUT2D eigenvalue weighted by atomic mass is 15.1. The number of aryl methyl sites for hydroxylation is 1. The molecule has 0 radical (unpaired) electrons. The molecular weight excluding hydrogens is 232 g/mol. The lowest BCUT2D eigenvalue weighted by atomic mass is 9.84. The monoisotopic (exact) mass is 258 g/mol. The summed E-state index contributed by atoms with van der Waals surface area (Å²) in [6.07, 6.45) is 7.81. The molecule has 1 fully saturated rings. The van der Waals surface area contributed by atoms with E-state index in [4.69, 9.17) is 5.73 Å². The van der Waals surface area contributed by atoms with Crippen molar-refractivity contribution >= 4 is 0 Å². The fourth-order valence-corrected chi connectivity index (χ4v) is 3.72. The van der Waals surface area contributed by atoms with Crippen LogP contribution in [0.15, 0.2) is 24.3 Å². The van der Waals surface area contributed by atoms with Crippen LogP contribution >= 0.6 is 0 Å². The van der Waals surface area contributed by atoms with Crippen LogP contribution in [0, 0.1) is 5.92 Å². The molecule has 1 aromatic carbocycles. The summed E-state index contributed by atoms with van der Waals surface area (Å²) < 4.78 is 0. The standard InChI is InChI=1S/C17H26N2/c18-17-10-4-3-8-16(17)13-19-11-5-9-14-6-1-2-7-15(14)12-19/h1-2,6-7,16-17H,3-5,8-13,18H2. The van der Waals surface area contributed by atoms with E-state index in [1.54, 1.807) is 5.56 Å². The molecule has 2 N–H and O–H groups in total. The Bertz CT molecular complexity index is 415. The summed E-state index contributed by atoms with van der Waals surface area (Å²) in [6.45, 7) is 3.56. The van der Waals surface area contributed by atoms with Crippen molar-refractivity contribution in [2.45, 2.75) is 51.1 Å². The molecule has 1 heterocycles. The minimum atomic E-state index is 0.437. The van der Waals surface area contributed by atoms with Gasteiger partial charge in [-0.2, -0.15) is 0 Å². The van der Waals surface area contributed by atoms with Gasteiger partial charge in [-0.15, -0.1) is 0 Å². The SMILES string of the molecule is NC1CCCCC1CN1CCCc2ccccc2C1. The fourth-order valence-electron chi connectivity index (χ4n) is 3.72. The summed E-state index contributed by atoms with van der Waals surface area (Å²) in [5.41, 5.74) is 9.39. The maximum atomic E-state index is 6.30. The molecule has 19 heavy (non-hydrogen) atoms. The average molecular weight is 258 g/mol. The molecule has 3 rings (SSSR count). The van der Waals surface area contributed by atoms with E-state index in [1.165, 1.54) is 57.2 Å². The third-order valence-electron chi connectivity index (χ3n) is 4.89. The molecule has 0 bridgehead atoms. The van der Waals surface area contributed by atoms with Crippen molar-refractivity contribution < 1.29 is 0 Å². The Morgan fingerprint density at radius 3 is 2.68 bits per heavy atom. The van der Waals surface area contributed by atoms with Crippen molar-refractivity contribution in [2.24, 2.45) is 11.7 Å². The van der Waals surface area contributed by atoms with Crippen LogP contribution in [0.25, 0.3) is 0 Å². The van der Waals surface area contributed by atoms with Gasteiger partial charge < -0.3 is 5.73 Å². The summed E-state index contributed by atoms with van der Waals surface area (Å²) in [4.78, 5) is 2.64. The number of nitrogens with two attached hydrogens (primary N) is 1. The number of hydrogen-bond acceptors (Lipinski definition) is 2. The quantitative estimate of drug-likeness (QED) is 0.883. The maximum Gasteiger partial charge on any atom is 0.0236 e. The van der Waals surface area contributed by atoms with Gasteiger partial charge in [0.2, 0.25) is 0 Å². The lowest BCUT2D eigenvalue weighted by molar-refractivity contribution is 0.180. The first kappa shape index (κ1) is 13.1. The van der Waals surface area contributed by atoms with Gasteiger partial charge in [-0.1, -0.05) is 37.1 Å². The minimum Gasteiger partial charge on any atom is -0.327 e. The lowest BCUT2D eigenvalue weighted by Crippen LogP contribution is -2.41. The highest BCUT2D eigenvalue weighted by molar-refractivity contribution is 5.28. The highest BCUT2D eigenvalue weighted by Crippen LogP contribution is 2.26. The lowest BCUT2D eigenvalue weighted by Gasteiger charge is -2.33. The number of rotatable bonds is 2. The summed E-state index contributed by atoms with van der Waals surface area (Å²) in [7, 11) is 0. The van der Waals surface area contributed by atoms with Crippen molar-refractivity contribution in [3.63, 3.8) is 0 Å². The van der Waals surface area contributed by atoms with Gasteiger partial charge in [0.15, 0.2) is 0 Å². The second-order valence-electron chi connectivity index (χ2n) is 6.32. The Kier molecular flexibility index (Phi) is 4.19. The molecule has 2 heteroatoms. The zero-order valence-corrected chi connectivity index (χ0v) is 11.9. The van der Waals surface area contributed by atoms with Gasteiger partial charge in [0, 0.05) is 19.1 Å². The number of hydrogen-bond donors (Lipinski definition) is 1. The van der Waals surface area contributed by atoms with Gasteiger partial charge >= 0.3 is 0 Å². The third-order valence-corrected chi connectivity index (χ3v) is 4.89. The van der Waals surface area contributed by atoms with E-state index < -0.39 is 0 Å². The van der Waals surface area contributed by atoms with E-state index in [-0.39, 0.29) is 0 Å². The Morgan fingerprint density at radius 2 is 1.84 bits per heavy atom. The molecule has 0 saturated heterocycles. The molecule has 1 aliphatic heterocycles. The van der Waals surface area contributed by atoms with Crippen molar-refractivity contribution in [3.8, 4) is 0 Å². The van der Waals surface area contributed by atoms with E-state index in [0.29, 0.717) is 6.04 Å². The Labute approximate surface area is 117 Å². The first-order valence-corrected chi connectivity index (χ1v) is 7.87. The van der Waals surface area contributed by atoms with Crippen LogP contribution in [-0.4, -0.2) is 24.0 Å². The second-order valence-corrected chi connectivity index (χ2v) is 6.32. The van der Waals surface area contributed by atoms with Crippen LogP contribution < -0.4 is 5.73 Å². The molecule has 0 amide bonds. The predicted octanol–water partition coefficient (Wildman–Crippen LogP) is 2.95. The second kappa shape index (κ2) is 6.06. The van der Waals surface area contributed by atoms with Crippen molar-refractivity contribution in [3.05, 3.63) is 35.4 Å². The normalized spacial score (nSPS) is 28.7. The van der Waals surface area contributed by atoms with Crippen molar-refractivity contribution in [1.82, 2.24) is 4.90 Å². The molecule has 0 aromatic heterocycles. The molecular formula is C17H26N2. The smallest absolute Gasteiger partial charge is 0.0236 e. The maximum absolute atomic E-state index is 6.30. The van der Waals surface area contributed by atoms with Gasteiger partial charge in [-0.25, -0.2) is 0 Å². The molecule has 2 aliphatic rings. The van der Waals surface area contributed by atoms with Crippen LogP contribution in [0.1, 0.15) is 43.2 Å². The van der Waals surface area contributed by atoms with Crippen LogP contribution in [0.3, 0.4) is 0 Å². The van der Waals surface area contributed by atoms with Crippen molar-refractivity contribution in [1.29, 1.82) is 0 Å². The number of fused-ring (bicyclic) bond motifs is 1. The predicted molar refractivity (Wildman–Crippen MR) is 80.0 cm³/mol. The van der Waals surface area contributed by atoms with E-state index >= 15 is 0 Å². The van der Waals surface area contributed by atoms with Gasteiger partial charge in [-0.3, -0.25) is 4.90 Å². The van der Waals surface area contributed by atoms with E-state index in [2.05, 4.69) is 29.2 Å². The molecule has 1 saturated carbocycles. The summed E-state index contributed by atoms with van der Waals surface area (Å²) in [5, 5.41) is 0. The zero-order valence-electron chi connectivity index (χ0n) is 11.9. The molecule has 104 valence electrons. The van der Waals surface area contributed by atoms with Crippen LogP contribution in [0.5, 0.6) is 0 Å². The van der Waals surface area contributed by atoms with Crippen molar-refractivity contribution in [2.75, 3.05) is 13.1 Å². The van der Waals surface area contributed by atoms with Crippen LogP contribution in [0.2, 0.25) is 0 Å². The first-order valence-electron chi connectivity index (χ1n) is 7.87. The van der Waals surface area contributed by atoms with Gasteiger partial charge in [0.25, 0.3) is 0 Å². The fraction of sp³-hybridized carbons (Fsp3) is 0.647. The Morgan fingerprint density at radius 1 is 1.05 bits per heavy atom. The Hall–Kier alpha value is -0.860. The first-order chi connectivity index (χ1) is 9.33.